The molecule has 1 amide bonds. The van der Waals surface area contributed by atoms with Crippen LogP contribution in [0.4, 0.5) is 0 Å². The van der Waals surface area contributed by atoms with Crippen LogP contribution in [0.1, 0.15) is 44.1 Å². The van der Waals surface area contributed by atoms with E-state index in [0.717, 1.165) is 17.0 Å². The summed E-state index contributed by atoms with van der Waals surface area (Å²) in [5.41, 5.74) is 1.92. The minimum absolute atomic E-state index is 0.0752. The van der Waals surface area contributed by atoms with E-state index in [9.17, 15) is 9.90 Å². The highest BCUT2D eigenvalue weighted by Gasteiger charge is 2.25. The molecule has 0 aliphatic rings. The molecule has 0 aliphatic heterocycles. The van der Waals surface area contributed by atoms with Crippen molar-refractivity contribution in [1.29, 1.82) is 0 Å². The lowest BCUT2D eigenvalue weighted by Crippen LogP contribution is -2.44. The average molecular weight is 319 g/mol. The largest absolute Gasteiger partial charge is 0.388 e. The van der Waals surface area contributed by atoms with Crippen molar-refractivity contribution in [1.82, 2.24) is 24.9 Å². The van der Waals surface area contributed by atoms with E-state index in [1.807, 2.05) is 27.7 Å². The van der Waals surface area contributed by atoms with Crippen LogP contribution in [0.15, 0.2) is 6.33 Å². The van der Waals surface area contributed by atoms with Crippen molar-refractivity contribution in [3.63, 3.8) is 0 Å². The van der Waals surface area contributed by atoms with Crippen molar-refractivity contribution in [3.8, 4) is 0 Å². The number of hydrogen-bond donors (Lipinski definition) is 2. The van der Waals surface area contributed by atoms with Crippen LogP contribution in [0, 0.1) is 19.8 Å². The number of nitrogens with one attached hydrogen (secondary N) is 1. The molecule has 1 unspecified atom stereocenters. The molecule has 0 saturated heterocycles. The van der Waals surface area contributed by atoms with E-state index < -0.39 is 5.60 Å². The predicted octanol–water partition coefficient (Wildman–Crippen LogP) is 1.20. The van der Waals surface area contributed by atoms with Gasteiger partial charge in [0.25, 0.3) is 5.78 Å². The maximum absolute atomic E-state index is 12.0. The third kappa shape index (κ3) is 3.85. The van der Waals surface area contributed by atoms with Gasteiger partial charge in [-0.3, -0.25) is 4.79 Å². The van der Waals surface area contributed by atoms with E-state index in [0.29, 0.717) is 18.6 Å². The van der Waals surface area contributed by atoms with Crippen LogP contribution in [0.25, 0.3) is 5.78 Å². The lowest BCUT2D eigenvalue weighted by molar-refractivity contribution is -0.122. The Morgan fingerprint density at radius 1 is 1.43 bits per heavy atom. The van der Waals surface area contributed by atoms with Crippen LogP contribution in [0.3, 0.4) is 0 Å². The molecule has 0 radical (unpaired) electrons. The molecule has 126 valence electrons. The molecule has 2 heterocycles. The molecule has 0 aliphatic carbocycles. The third-order valence-corrected chi connectivity index (χ3v) is 4.48. The highest BCUT2D eigenvalue weighted by atomic mass is 16.3. The summed E-state index contributed by atoms with van der Waals surface area (Å²) in [6.07, 6.45) is 2.40. The number of carbonyl (C=O) groups excluding carboxylic acids is 1. The molecule has 0 saturated carbocycles. The molecular weight excluding hydrogens is 294 g/mol. The van der Waals surface area contributed by atoms with Gasteiger partial charge in [0.1, 0.15) is 6.33 Å². The molecule has 2 rings (SSSR count). The van der Waals surface area contributed by atoms with E-state index in [-0.39, 0.29) is 18.4 Å². The van der Waals surface area contributed by atoms with Gasteiger partial charge in [0.15, 0.2) is 0 Å². The predicted molar refractivity (Wildman–Crippen MR) is 87.0 cm³/mol. The first kappa shape index (κ1) is 17.3. The summed E-state index contributed by atoms with van der Waals surface area (Å²) in [7, 11) is 0. The van der Waals surface area contributed by atoms with Gasteiger partial charge in [0.05, 0.1) is 5.60 Å². The fourth-order valence-electron chi connectivity index (χ4n) is 2.33. The first-order valence-corrected chi connectivity index (χ1v) is 7.87. The summed E-state index contributed by atoms with van der Waals surface area (Å²) in [5, 5.41) is 17.1. The Kier molecular flexibility index (Phi) is 4.99. The summed E-state index contributed by atoms with van der Waals surface area (Å²) in [5.74, 6) is 0.566. The Morgan fingerprint density at radius 3 is 2.78 bits per heavy atom. The van der Waals surface area contributed by atoms with Gasteiger partial charge in [-0.2, -0.15) is 10.1 Å². The SMILES string of the molecule is Cc1nc2ncnn2c(C)c1CCC(=O)NCC(C)(O)C(C)C. The molecule has 2 N–H and O–H groups in total. The van der Waals surface area contributed by atoms with Crippen molar-refractivity contribution in [3.05, 3.63) is 23.3 Å². The van der Waals surface area contributed by atoms with Crippen molar-refractivity contribution in [2.45, 2.75) is 53.1 Å². The van der Waals surface area contributed by atoms with Gasteiger partial charge < -0.3 is 10.4 Å². The fourth-order valence-corrected chi connectivity index (χ4v) is 2.33. The van der Waals surface area contributed by atoms with Crippen LogP contribution in [-0.4, -0.2) is 42.7 Å². The van der Waals surface area contributed by atoms with Gasteiger partial charge in [-0.15, -0.1) is 0 Å². The Morgan fingerprint density at radius 2 is 2.13 bits per heavy atom. The smallest absolute Gasteiger partial charge is 0.252 e. The summed E-state index contributed by atoms with van der Waals surface area (Å²) < 4.78 is 1.68. The monoisotopic (exact) mass is 319 g/mol. The molecule has 7 nitrogen and oxygen atoms in total. The maximum Gasteiger partial charge on any atom is 0.252 e. The molecule has 2 aromatic heterocycles. The second-order valence-electron chi connectivity index (χ2n) is 6.52. The standard InChI is InChI=1S/C16H25N5O2/c1-10(2)16(5,23)8-17-14(22)7-6-13-11(3)20-15-18-9-19-21(15)12(13)4/h9-10,23H,6-8H2,1-5H3,(H,17,22). The lowest BCUT2D eigenvalue weighted by atomic mass is 9.92. The molecule has 1 atom stereocenters. The molecule has 2 aromatic rings. The fraction of sp³-hybridized carbons (Fsp3) is 0.625. The summed E-state index contributed by atoms with van der Waals surface area (Å²) >= 11 is 0. The average Bonchev–Trinajstić information content (AvgIpc) is 2.93. The quantitative estimate of drug-likeness (QED) is 0.834. The summed E-state index contributed by atoms with van der Waals surface area (Å²) in [6, 6.07) is 0. The van der Waals surface area contributed by atoms with E-state index in [1.54, 1.807) is 11.4 Å². The van der Waals surface area contributed by atoms with E-state index >= 15 is 0 Å². The molecule has 7 heteroatoms. The van der Waals surface area contributed by atoms with Gasteiger partial charge in [0.2, 0.25) is 5.91 Å². The van der Waals surface area contributed by atoms with Crippen molar-refractivity contribution >= 4 is 11.7 Å². The Balaban J connectivity index is 2.00. The van der Waals surface area contributed by atoms with Crippen molar-refractivity contribution in [2.75, 3.05) is 6.54 Å². The second kappa shape index (κ2) is 6.62. The number of rotatable bonds is 6. The molecule has 0 aromatic carbocycles. The van der Waals surface area contributed by atoms with Gasteiger partial charge >= 0.3 is 0 Å². The number of hydrogen-bond acceptors (Lipinski definition) is 5. The van der Waals surface area contributed by atoms with Crippen molar-refractivity contribution in [2.24, 2.45) is 5.92 Å². The van der Waals surface area contributed by atoms with Gasteiger partial charge in [-0.05, 0) is 38.7 Å². The van der Waals surface area contributed by atoms with E-state index in [1.165, 1.54) is 6.33 Å². The number of aromatic nitrogens is 4. The Hall–Kier alpha value is -2.02. The topological polar surface area (TPSA) is 92.4 Å². The first-order valence-electron chi connectivity index (χ1n) is 7.87. The minimum atomic E-state index is -0.900. The van der Waals surface area contributed by atoms with Crippen LogP contribution >= 0.6 is 0 Å². The summed E-state index contributed by atoms with van der Waals surface area (Å²) in [4.78, 5) is 20.5. The number of amides is 1. The highest BCUT2D eigenvalue weighted by Crippen LogP contribution is 2.16. The molecule has 0 spiro atoms. The van der Waals surface area contributed by atoms with Gasteiger partial charge in [0, 0.05) is 24.4 Å². The number of carbonyl (C=O) groups is 1. The highest BCUT2D eigenvalue weighted by molar-refractivity contribution is 5.76. The van der Waals surface area contributed by atoms with E-state index in [4.69, 9.17) is 0 Å². The third-order valence-electron chi connectivity index (χ3n) is 4.48. The summed E-state index contributed by atoms with van der Waals surface area (Å²) in [6.45, 7) is 9.71. The lowest BCUT2D eigenvalue weighted by Gasteiger charge is -2.27. The molecular formula is C16H25N5O2. The molecule has 23 heavy (non-hydrogen) atoms. The van der Waals surface area contributed by atoms with Crippen LogP contribution in [0.5, 0.6) is 0 Å². The van der Waals surface area contributed by atoms with Crippen LogP contribution in [0.2, 0.25) is 0 Å². The number of fused-ring (bicyclic) bond motifs is 1. The number of aryl methyl sites for hydroxylation is 2. The Bertz CT molecular complexity index is 706. The zero-order chi connectivity index (χ0) is 17.2. The van der Waals surface area contributed by atoms with Gasteiger partial charge in [-0.25, -0.2) is 9.50 Å². The second-order valence-corrected chi connectivity index (χ2v) is 6.52. The normalized spacial score (nSPS) is 14.2. The maximum atomic E-state index is 12.0. The van der Waals surface area contributed by atoms with Crippen molar-refractivity contribution < 1.29 is 9.90 Å². The van der Waals surface area contributed by atoms with Crippen LogP contribution in [-0.2, 0) is 11.2 Å². The Labute approximate surface area is 136 Å². The van der Waals surface area contributed by atoms with Gasteiger partial charge in [-0.1, -0.05) is 13.8 Å². The molecule has 0 bridgehead atoms. The van der Waals surface area contributed by atoms with E-state index in [2.05, 4.69) is 20.4 Å². The molecule has 0 fully saturated rings. The first-order chi connectivity index (χ1) is 10.7. The number of aliphatic hydroxyl groups is 1. The van der Waals surface area contributed by atoms with Crippen LogP contribution < -0.4 is 5.32 Å². The zero-order valence-corrected chi connectivity index (χ0v) is 14.4. The minimum Gasteiger partial charge on any atom is -0.388 e. The zero-order valence-electron chi connectivity index (χ0n) is 14.4. The number of nitrogens with zero attached hydrogens (tertiary/aromatic N) is 4.